The molecule has 1 aromatic carbocycles. The smallest absolute Gasteiger partial charge is 0.124 e. The van der Waals surface area contributed by atoms with E-state index < -0.39 is 0 Å². The van der Waals surface area contributed by atoms with Crippen LogP contribution in [0.4, 0.5) is 0 Å². The molecule has 0 heterocycles. The molecule has 2 nitrogen and oxygen atoms in total. The lowest BCUT2D eigenvalue weighted by Gasteiger charge is -2.19. The van der Waals surface area contributed by atoms with Crippen LogP contribution in [0.2, 0.25) is 5.02 Å². The number of hydrogen-bond acceptors (Lipinski definition) is 2. The first-order valence-electron chi connectivity index (χ1n) is 6.70. The van der Waals surface area contributed by atoms with E-state index in [1.54, 1.807) is 0 Å². The summed E-state index contributed by atoms with van der Waals surface area (Å²) in [6.07, 6.45) is 1.12. The molecule has 0 aliphatic carbocycles. The SMILES string of the molecule is CCCNC(C)c1cc(Cl)ccc1OCC(C)C. The molecule has 1 aromatic rings. The second-order valence-electron chi connectivity index (χ2n) is 5.06. The fourth-order valence-corrected chi connectivity index (χ4v) is 1.90. The van der Waals surface area contributed by atoms with Gasteiger partial charge in [-0.1, -0.05) is 32.4 Å². The molecule has 0 aliphatic heterocycles. The maximum atomic E-state index is 6.07. The molecule has 0 aliphatic rings. The molecule has 18 heavy (non-hydrogen) atoms. The molecule has 0 fully saturated rings. The Morgan fingerprint density at radius 1 is 1.28 bits per heavy atom. The largest absolute Gasteiger partial charge is 0.493 e. The highest BCUT2D eigenvalue weighted by Crippen LogP contribution is 2.28. The van der Waals surface area contributed by atoms with Crippen molar-refractivity contribution < 1.29 is 4.74 Å². The van der Waals surface area contributed by atoms with Crippen LogP contribution >= 0.6 is 11.6 Å². The molecule has 1 N–H and O–H groups in total. The molecule has 0 amide bonds. The van der Waals surface area contributed by atoms with E-state index in [0.29, 0.717) is 5.92 Å². The molecule has 0 aromatic heterocycles. The second kappa shape index (κ2) is 7.65. The molecular formula is C15H24ClNO. The van der Waals surface area contributed by atoms with E-state index in [1.807, 2.05) is 18.2 Å². The van der Waals surface area contributed by atoms with Crippen LogP contribution in [0.25, 0.3) is 0 Å². The van der Waals surface area contributed by atoms with Gasteiger partial charge < -0.3 is 10.1 Å². The van der Waals surface area contributed by atoms with Crippen LogP contribution in [0.1, 0.15) is 45.7 Å². The fourth-order valence-electron chi connectivity index (χ4n) is 1.72. The number of hydrogen-bond donors (Lipinski definition) is 1. The molecule has 102 valence electrons. The zero-order valence-electron chi connectivity index (χ0n) is 11.8. The van der Waals surface area contributed by atoms with Crippen molar-refractivity contribution in [1.29, 1.82) is 0 Å². The summed E-state index contributed by atoms with van der Waals surface area (Å²) in [5.41, 5.74) is 1.14. The number of benzene rings is 1. The molecule has 1 atom stereocenters. The topological polar surface area (TPSA) is 21.3 Å². The highest BCUT2D eigenvalue weighted by atomic mass is 35.5. The van der Waals surface area contributed by atoms with Crippen molar-refractivity contribution >= 4 is 11.6 Å². The van der Waals surface area contributed by atoms with Crippen LogP contribution in [0.5, 0.6) is 5.75 Å². The molecular weight excluding hydrogens is 246 g/mol. The molecule has 3 heteroatoms. The normalized spacial score (nSPS) is 12.8. The van der Waals surface area contributed by atoms with Gasteiger partial charge in [0.15, 0.2) is 0 Å². The van der Waals surface area contributed by atoms with E-state index in [9.17, 15) is 0 Å². The fraction of sp³-hybridized carbons (Fsp3) is 0.600. The summed E-state index contributed by atoms with van der Waals surface area (Å²) in [7, 11) is 0. The summed E-state index contributed by atoms with van der Waals surface area (Å²) >= 11 is 6.07. The predicted octanol–water partition coefficient (Wildman–Crippen LogP) is 4.44. The molecule has 1 unspecified atom stereocenters. The van der Waals surface area contributed by atoms with E-state index in [0.717, 1.165) is 35.9 Å². The van der Waals surface area contributed by atoms with E-state index in [2.05, 4.69) is 33.0 Å². The first-order valence-corrected chi connectivity index (χ1v) is 7.08. The molecule has 0 saturated carbocycles. The Bertz CT molecular complexity index is 366. The summed E-state index contributed by atoms with van der Waals surface area (Å²) in [5.74, 6) is 1.46. The molecule has 1 rings (SSSR count). The average molecular weight is 270 g/mol. The van der Waals surface area contributed by atoms with Crippen molar-refractivity contribution in [2.75, 3.05) is 13.2 Å². The van der Waals surface area contributed by atoms with Gasteiger partial charge >= 0.3 is 0 Å². The zero-order valence-corrected chi connectivity index (χ0v) is 12.6. The highest BCUT2D eigenvalue weighted by Gasteiger charge is 2.12. The molecule has 0 radical (unpaired) electrons. The van der Waals surface area contributed by atoms with Gasteiger partial charge in [0.2, 0.25) is 0 Å². The lowest BCUT2D eigenvalue weighted by molar-refractivity contribution is 0.266. The standard InChI is InChI=1S/C15H24ClNO/c1-5-8-17-12(4)14-9-13(16)6-7-15(14)18-10-11(2)3/h6-7,9,11-12,17H,5,8,10H2,1-4H3. The van der Waals surface area contributed by atoms with Gasteiger partial charge in [-0.2, -0.15) is 0 Å². The van der Waals surface area contributed by atoms with E-state index >= 15 is 0 Å². The van der Waals surface area contributed by atoms with Crippen LogP contribution in [0.3, 0.4) is 0 Å². The van der Waals surface area contributed by atoms with Crippen molar-refractivity contribution in [3.63, 3.8) is 0 Å². The summed E-state index contributed by atoms with van der Waals surface area (Å²) in [6, 6.07) is 6.09. The minimum atomic E-state index is 0.255. The van der Waals surface area contributed by atoms with Crippen LogP contribution in [0, 0.1) is 5.92 Å². The van der Waals surface area contributed by atoms with Gasteiger partial charge in [-0.3, -0.25) is 0 Å². The highest BCUT2D eigenvalue weighted by molar-refractivity contribution is 6.30. The van der Waals surface area contributed by atoms with Crippen molar-refractivity contribution in [1.82, 2.24) is 5.32 Å². The van der Waals surface area contributed by atoms with Crippen molar-refractivity contribution in [2.24, 2.45) is 5.92 Å². The van der Waals surface area contributed by atoms with Crippen LogP contribution in [-0.2, 0) is 0 Å². The maximum absolute atomic E-state index is 6.07. The Kier molecular flexibility index (Phi) is 6.51. The minimum Gasteiger partial charge on any atom is -0.493 e. The Morgan fingerprint density at radius 2 is 2.00 bits per heavy atom. The Morgan fingerprint density at radius 3 is 2.61 bits per heavy atom. The van der Waals surface area contributed by atoms with Crippen LogP contribution in [-0.4, -0.2) is 13.2 Å². The summed E-state index contributed by atoms with van der Waals surface area (Å²) < 4.78 is 5.86. The molecule has 0 bridgehead atoms. The van der Waals surface area contributed by atoms with Gasteiger partial charge in [0, 0.05) is 16.6 Å². The quantitative estimate of drug-likeness (QED) is 0.790. The maximum Gasteiger partial charge on any atom is 0.124 e. The van der Waals surface area contributed by atoms with Crippen LogP contribution in [0.15, 0.2) is 18.2 Å². The Labute approximate surface area is 116 Å². The monoisotopic (exact) mass is 269 g/mol. The summed E-state index contributed by atoms with van der Waals surface area (Å²) in [5, 5.41) is 4.22. The van der Waals surface area contributed by atoms with Gasteiger partial charge in [-0.05, 0) is 44.0 Å². The lowest BCUT2D eigenvalue weighted by atomic mass is 10.1. The van der Waals surface area contributed by atoms with Gasteiger partial charge in [0.1, 0.15) is 5.75 Å². The Hall–Kier alpha value is -0.730. The average Bonchev–Trinajstić information content (AvgIpc) is 2.34. The van der Waals surface area contributed by atoms with E-state index in [4.69, 9.17) is 16.3 Å². The van der Waals surface area contributed by atoms with Crippen molar-refractivity contribution in [3.05, 3.63) is 28.8 Å². The third-order valence-electron chi connectivity index (χ3n) is 2.71. The number of halogens is 1. The first kappa shape index (κ1) is 15.3. The third-order valence-corrected chi connectivity index (χ3v) is 2.95. The lowest BCUT2D eigenvalue weighted by Crippen LogP contribution is -2.20. The van der Waals surface area contributed by atoms with Crippen molar-refractivity contribution in [3.8, 4) is 5.75 Å². The number of rotatable bonds is 7. The van der Waals surface area contributed by atoms with Gasteiger partial charge in [0.25, 0.3) is 0 Å². The third kappa shape index (κ3) is 4.87. The minimum absolute atomic E-state index is 0.255. The van der Waals surface area contributed by atoms with Crippen LogP contribution < -0.4 is 10.1 Å². The second-order valence-corrected chi connectivity index (χ2v) is 5.50. The predicted molar refractivity (Wildman–Crippen MR) is 78.5 cm³/mol. The van der Waals surface area contributed by atoms with Gasteiger partial charge in [0.05, 0.1) is 6.61 Å². The van der Waals surface area contributed by atoms with Gasteiger partial charge in [-0.15, -0.1) is 0 Å². The van der Waals surface area contributed by atoms with E-state index in [-0.39, 0.29) is 6.04 Å². The summed E-state index contributed by atoms with van der Waals surface area (Å²) in [6.45, 7) is 10.3. The summed E-state index contributed by atoms with van der Waals surface area (Å²) in [4.78, 5) is 0. The number of ether oxygens (including phenoxy) is 1. The van der Waals surface area contributed by atoms with Crippen molar-refractivity contribution in [2.45, 2.75) is 40.2 Å². The molecule has 0 spiro atoms. The first-order chi connectivity index (χ1) is 8.54. The van der Waals surface area contributed by atoms with E-state index in [1.165, 1.54) is 0 Å². The molecule has 0 saturated heterocycles. The van der Waals surface area contributed by atoms with Gasteiger partial charge in [-0.25, -0.2) is 0 Å². The zero-order chi connectivity index (χ0) is 13.5. The number of nitrogens with one attached hydrogen (secondary N) is 1. The Balaban J connectivity index is 2.81.